The molecular weight excluding hydrogens is 352 g/mol. The zero-order valence-corrected chi connectivity index (χ0v) is 16.5. The number of rotatable bonds is 6. The first kappa shape index (κ1) is 19.4. The first-order valence-corrected chi connectivity index (χ1v) is 9.03. The van der Waals surface area contributed by atoms with Gasteiger partial charge < -0.3 is 14.8 Å². The Bertz CT molecular complexity index is 971. The zero-order chi connectivity index (χ0) is 20.1. The predicted octanol–water partition coefficient (Wildman–Crippen LogP) is 4.24. The molecule has 3 aromatic rings. The molecule has 144 valence electrons. The van der Waals surface area contributed by atoms with Crippen molar-refractivity contribution in [3.8, 4) is 11.5 Å². The van der Waals surface area contributed by atoms with E-state index in [4.69, 9.17) is 9.47 Å². The maximum absolute atomic E-state index is 13.0. The molecule has 0 spiro atoms. The number of carbonyl (C=O) groups excluding carboxylic acids is 1. The third kappa shape index (κ3) is 4.14. The van der Waals surface area contributed by atoms with Crippen LogP contribution in [0.15, 0.2) is 60.9 Å². The van der Waals surface area contributed by atoms with Crippen molar-refractivity contribution in [3.05, 3.63) is 88.7 Å². The van der Waals surface area contributed by atoms with Crippen LogP contribution in [0.3, 0.4) is 0 Å². The van der Waals surface area contributed by atoms with Gasteiger partial charge in [-0.25, -0.2) is 0 Å². The lowest BCUT2D eigenvalue weighted by Crippen LogP contribution is -2.29. The monoisotopic (exact) mass is 376 g/mol. The number of nitrogens with one attached hydrogen (secondary N) is 1. The Labute approximate surface area is 165 Å². The third-order valence-electron chi connectivity index (χ3n) is 4.80. The molecule has 0 saturated heterocycles. The van der Waals surface area contributed by atoms with E-state index in [9.17, 15) is 4.79 Å². The van der Waals surface area contributed by atoms with Crippen molar-refractivity contribution in [2.75, 3.05) is 14.2 Å². The minimum absolute atomic E-state index is 0.201. The van der Waals surface area contributed by atoms with E-state index in [1.54, 1.807) is 44.8 Å². The summed E-state index contributed by atoms with van der Waals surface area (Å²) in [6.45, 7) is 4.13. The molecule has 0 radical (unpaired) electrons. The van der Waals surface area contributed by atoms with Crippen molar-refractivity contribution in [1.29, 1.82) is 0 Å². The van der Waals surface area contributed by atoms with Gasteiger partial charge in [0.15, 0.2) is 11.5 Å². The van der Waals surface area contributed by atoms with E-state index >= 15 is 0 Å². The van der Waals surface area contributed by atoms with Gasteiger partial charge in [0.1, 0.15) is 0 Å². The number of hydrogen-bond acceptors (Lipinski definition) is 4. The van der Waals surface area contributed by atoms with Crippen molar-refractivity contribution in [2.24, 2.45) is 0 Å². The lowest BCUT2D eigenvalue weighted by molar-refractivity contribution is 0.0942. The summed E-state index contributed by atoms with van der Waals surface area (Å²) in [5, 5.41) is 3.13. The van der Waals surface area contributed by atoms with Crippen LogP contribution in [-0.4, -0.2) is 25.1 Å². The normalized spacial score (nSPS) is 11.6. The molecule has 1 N–H and O–H groups in total. The molecule has 0 aliphatic carbocycles. The molecular formula is C23H24N2O3. The minimum atomic E-state index is -0.311. The molecule has 1 atom stereocenters. The van der Waals surface area contributed by atoms with E-state index in [2.05, 4.69) is 36.3 Å². The smallest absolute Gasteiger partial charge is 0.252 e. The summed E-state index contributed by atoms with van der Waals surface area (Å²) in [5.74, 6) is 0.893. The largest absolute Gasteiger partial charge is 0.493 e. The molecule has 1 heterocycles. The number of nitrogens with zero attached hydrogens (tertiary/aromatic N) is 1. The van der Waals surface area contributed by atoms with Crippen LogP contribution < -0.4 is 14.8 Å². The maximum Gasteiger partial charge on any atom is 0.252 e. The summed E-state index contributed by atoms with van der Waals surface area (Å²) in [4.78, 5) is 17.2. The Balaban J connectivity index is 1.95. The second-order valence-corrected chi connectivity index (χ2v) is 6.61. The highest BCUT2D eigenvalue weighted by atomic mass is 16.5. The molecule has 0 bridgehead atoms. The molecule has 28 heavy (non-hydrogen) atoms. The predicted molar refractivity (Wildman–Crippen MR) is 109 cm³/mol. The molecule has 5 nitrogen and oxygen atoms in total. The average molecular weight is 376 g/mol. The highest BCUT2D eigenvalue weighted by molar-refractivity contribution is 5.95. The van der Waals surface area contributed by atoms with Gasteiger partial charge in [0.2, 0.25) is 0 Å². The molecule has 1 aromatic heterocycles. The number of amides is 1. The maximum atomic E-state index is 13.0. The average Bonchev–Trinajstić information content (AvgIpc) is 2.74. The summed E-state index contributed by atoms with van der Waals surface area (Å²) >= 11 is 0. The first-order chi connectivity index (χ1) is 13.5. The Morgan fingerprint density at radius 2 is 1.71 bits per heavy atom. The fraction of sp³-hybridized carbons (Fsp3) is 0.217. The minimum Gasteiger partial charge on any atom is -0.493 e. The van der Waals surface area contributed by atoms with Crippen molar-refractivity contribution in [1.82, 2.24) is 10.3 Å². The summed E-state index contributed by atoms with van der Waals surface area (Å²) in [6, 6.07) is 14.8. The van der Waals surface area contributed by atoms with Gasteiger partial charge in [0.25, 0.3) is 5.91 Å². The second kappa shape index (κ2) is 8.57. The SMILES string of the molecule is COc1ccc(C(=O)N[C@H](c2cccnc2)c2ccc(C)c(C)c2)cc1OC. The molecule has 2 aromatic carbocycles. The van der Waals surface area contributed by atoms with Gasteiger partial charge in [0, 0.05) is 18.0 Å². The molecule has 0 fully saturated rings. The van der Waals surface area contributed by atoms with Crippen molar-refractivity contribution < 1.29 is 14.3 Å². The van der Waals surface area contributed by atoms with Gasteiger partial charge in [-0.2, -0.15) is 0 Å². The number of benzene rings is 2. The quantitative estimate of drug-likeness (QED) is 0.699. The van der Waals surface area contributed by atoms with E-state index in [0.29, 0.717) is 17.1 Å². The first-order valence-electron chi connectivity index (χ1n) is 9.03. The number of aryl methyl sites for hydroxylation is 2. The van der Waals surface area contributed by atoms with Crippen molar-refractivity contribution >= 4 is 5.91 Å². The highest BCUT2D eigenvalue weighted by Gasteiger charge is 2.19. The zero-order valence-electron chi connectivity index (χ0n) is 16.5. The van der Waals surface area contributed by atoms with Crippen LogP contribution in [0.4, 0.5) is 0 Å². The van der Waals surface area contributed by atoms with Crippen LogP contribution in [0, 0.1) is 13.8 Å². The molecule has 0 saturated carbocycles. The summed E-state index contributed by atoms with van der Waals surface area (Å²) < 4.78 is 10.6. The van der Waals surface area contributed by atoms with Crippen LogP contribution in [-0.2, 0) is 0 Å². The third-order valence-corrected chi connectivity index (χ3v) is 4.80. The van der Waals surface area contributed by atoms with Crippen LogP contribution in [0.25, 0.3) is 0 Å². The Hall–Kier alpha value is -3.34. The lowest BCUT2D eigenvalue weighted by atomic mass is 9.96. The van der Waals surface area contributed by atoms with Crippen molar-refractivity contribution in [2.45, 2.75) is 19.9 Å². The number of carbonyl (C=O) groups is 1. The van der Waals surface area contributed by atoms with Crippen LogP contribution >= 0.6 is 0 Å². The molecule has 0 aliphatic rings. The topological polar surface area (TPSA) is 60.5 Å². The van der Waals surface area contributed by atoms with E-state index < -0.39 is 0 Å². The lowest BCUT2D eigenvalue weighted by Gasteiger charge is -2.21. The van der Waals surface area contributed by atoms with Crippen LogP contribution in [0.1, 0.15) is 38.7 Å². The fourth-order valence-corrected chi connectivity index (χ4v) is 3.04. The number of aromatic nitrogens is 1. The summed E-state index contributed by atoms with van der Waals surface area (Å²) in [6.07, 6.45) is 3.49. The summed E-state index contributed by atoms with van der Waals surface area (Å²) in [7, 11) is 3.11. The Morgan fingerprint density at radius 1 is 0.929 bits per heavy atom. The van der Waals surface area contributed by atoms with Crippen molar-refractivity contribution in [3.63, 3.8) is 0 Å². The second-order valence-electron chi connectivity index (χ2n) is 6.61. The number of pyridine rings is 1. The van der Waals surface area contributed by atoms with Crippen LogP contribution in [0.2, 0.25) is 0 Å². The van der Waals surface area contributed by atoms with E-state index in [0.717, 1.165) is 11.1 Å². The fourth-order valence-electron chi connectivity index (χ4n) is 3.04. The molecule has 0 unspecified atom stereocenters. The highest BCUT2D eigenvalue weighted by Crippen LogP contribution is 2.29. The number of hydrogen-bond donors (Lipinski definition) is 1. The Morgan fingerprint density at radius 3 is 2.36 bits per heavy atom. The molecule has 5 heteroatoms. The van der Waals surface area contributed by atoms with Gasteiger partial charge in [-0.15, -0.1) is 0 Å². The molecule has 0 aliphatic heterocycles. The van der Waals surface area contributed by atoms with Crippen LogP contribution in [0.5, 0.6) is 11.5 Å². The van der Waals surface area contributed by atoms with Gasteiger partial charge in [0.05, 0.1) is 20.3 Å². The number of ether oxygens (including phenoxy) is 2. The molecule has 3 rings (SSSR count). The van der Waals surface area contributed by atoms with Gasteiger partial charge in [-0.05, 0) is 60.4 Å². The molecule has 1 amide bonds. The van der Waals surface area contributed by atoms with Gasteiger partial charge in [-0.3, -0.25) is 9.78 Å². The van der Waals surface area contributed by atoms with Gasteiger partial charge >= 0.3 is 0 Å². The van der Waals surface area contributed by atoms with Gasteiger partial charge in [-0.1, -0.05) is 24.3 Å². The summed E-state index contributed by atoms with van der Waals surface area (Å²) in [5.41, 5.74) is 4.80. The number of methoxy groups -OCH3 is 2. The van der Waals surface area contributed by atoms with E-state index in [-0.39, 0.29) is 11.9 Å². The van der Waals surface area contributed by atoms with E-state index in [1.807, 2.05) is 18.2 Å². The van der Waals surface area contributed by atoms with E-state index in [1.165, 1.54) is 11.1 Å². The Kier molecular flexibility index (Phi) is 5.94. The standard InChI is InChI=1S/C23H24N2O3/c1-15-7-8-17(12-16(15)2)22(19-6-5-11-24-14-19)25-23(26)18-9-10-20(27-3)21(13-18)28-4/h5-14,22H,1-4H3,(H,25,26)/t22-/m0/s1.